The lowest BCUT2D eigenvalue weighted by Gasteiger charge is -2.38. The maximum atomic E-state index is 11.4. The summed E-state index contributed by atoms with van der Waals surface area (Å²) in [6.45, 7) is 6.04. The number of nitrogens with two attached hydrogens (primary N) is 1. The minimum atomic E-state index is -0.355. The molecule has 0 aliphatic carbocycles. The van der Waals surface area contributed by atoms with Gasteiger partial charge in [0, 0.05) is 43.1 Å². The summed E-state index contributed by atoms with van der Waals surface area (Å²) in [6, 6.07) is 6.09. The number of carbonyl (C=O) groups excluding carboxylic acids is 1. The molecule has 1 aromatic heterocycles. The topological polar surface area (TPSA) is 89.7 Å². The van der Waals surface area contributed by atoms with Crippen molar-refractivity contribution in [3.8, 4) is 5.75 Å². The number of aromatic nitrogens is 1. The first kappa shape index (κ1) is 19.0. The van der Waals surface area contributed by atoms with E-state index in [2.05, 4.69) is 33.6 Å². The summed E-state index contributed by atoms with van der Waals surface area (Å²) in [7, 11) is 3.16. The van der Waals surface area contributed by atoms with E-state index in [4.69, 9.17) is 9.47 Å². The maximum Gasteiger partial charge on any atom is 0.407 e. The van der Waals surface area contributed by atoms with E-state index in [0.717, 1.165) is 53.8 Å². The van der Waals surface area contributed by atoms with Gasteiger partial charge in [-0.3, -0.25) is 0 Å². The standard InChI is InChI=1S/C19H21N3O3.CH5N/c1-3-13-10-14-4-7-20-17(15(14)11-16(13)24-2)22-8-5-19(6-9-22)12-21-18(23)25-19;1-2/h3-4,7,10-11H,1,5-6,8-9,12H2,2H3,(H,21,23);2H2,1H3. The number of rotatable bonds is 3. The first-order valence-corrected chi connectivity index (χ1v) is 9.03. The molecule has 2 aliphatic rings. The maximum absolute atomic E-state index is 11.4. The summed E-state index contributed by atoms with van der Waals surface area (Å²) in [5.74, 6) is 1.73. The Kier molecular flexibility index (Phi) is 5.51. The Morgan fingerprint density at radius 3 is 2.70 bits per heavy atom. The summed E-state index contributed by atoms with van der Waals surface area (Å²) < 4.78 is 11.0. The summed E-state index contributed by atoms with van der Waals surface area (Å²) in [4.78, 5) is 18.3. The quantitative estimate of drug-likeness (QED) is 0.863. The predicted octanol–water partition coefficient (Wildman–Crippen LogP) is 2.54. The van der Waals surface area contributed by atoms with Crippen LogP contribution in [0.1, 0.15) is 18.4 Å². The molecule has 4 rings (SSSR count). The zero-order valence-electron chi connectivity index (χ0n) is 15.8. The molecule has 2 saturated heterocycles. The Hall–Kier alpha value is -2.80. The van der Waals surface area contributed by atoms with E-state index in [1.165, 1.54) is 7.05 Å². The fourth-order valence-electron chi connectivity index (χ4n) is 3.70. The van der Waals surface area contributed by atoms with Gasteiger partial charge in [-0.1, -0.05) is 12.7 Å². The summed E-state index contributed by atoms with van der Waals surface area (Å²) in [6.07, 6.45) is 4.92. The van der Waals surface area contributed by atoms with Gasteiger partial charge in [0.1, 0.15) is 17.2 Å². The molecule has 3 heterocycles. The fraction of sp³-hybridized carbons (Fsp3) is 0.400. The van der Waals surface area contributed by atoms with Crippen LogP contribution in [0.5, 0.6) is 5.75 Å². The number of nitrogens with one attached hydrogen (secondary N) is 1. The molecule has 0 unspecified atom stereocenters. The number of carbonyl (C=O) groups is 1. The molecular formula is C20H26N4O3. The number of fused-ring (bicyclic) bond motifs is 1. The molecule has 27 heavy (non-hydrogen) atoms. The Labute approximate surface area is 159 Å². The lowest BCUT2D eigenvalue weighted by atomic mass is 9.91. The minimum absolute atomic E-state index is 0.307. The monoisotopic (exact) mass is 370 g/mol. The van der Waals surface area contributed by atoms with Crippen molar-refractivity contribution in [1.29, 1.82) is 0 Å². The molecule has 0 bridgehead atoms. The Balaban J connectivity index is 0.00000102. The predicted molar refractivity (Wildman–Crippen MR) is 107 cm³/mol. The van der Waals surface area contributed by atoms with Crippen molar-refractivity contribution < 1.29 is 14.3 Å². The van der Waals surface area contributed by atoms with Crippen LogP contribution in [0.2, 0.25) is 0 Å². The molecule has 1 aromatic carbocycles. The molecule has 7 heteroatoms. The van der Waals surface area contributed by atoms with Crippen LogP contribution in [0.3, 0.4) is 0 Å². The van der Waals surface area contributed by atoms with Crippen LogP contribution in [-0.2, 0) is 4.74 Å². The number of benzene rings is 1. The van der Waals surface area contributed by atoms with Crippen molar-refractivity contribution >= 4 is 28.8 Å². The molecule has 3 N–H and O–H groups in total. The molecular weight excluding hydrogens is 344 g/mol. The van der Waals surface area contributed by atoms with Gasteiger partial charge in [0.2, 0.25) is 0 Å². The van der Waals surface area contributed by atoms with Crippen molar-refractivity contribution in [3.63, 3.8) is 0 Å². The number of hydrogen-bond donors (Lipinski definition) is 2. The fourth-order valence-corrected chi connectivity index (χ4v) is 3.70. The van der Waals surface area contributed by atoms with Crippen LogP contribution in [-0.4, -0.2) is 50.5 Å². The number of piperidine rings is 1. The number of nitrogens with zero attached hydrogens (tertiary/aromatic N) is 2. The molecule has 0 radical (unpaired) electrons. The van der Waals surface area contributed by atoms with Crippen LogP contribution in [0.15, 0.2) is 31.0 Å². The number of alkyl carbamates (subject to hydrolysis) is 1. The van der Waals surface area contributed by atoms with Gasteiger partial charge >= 0.3 is 6.09 Å². The number of pyridine rings is 1. The molecule has 2 fully saturated rings. The Morgan fingerprint density at radius 1 is 1.37 bits per heavy atom. The van der Waals surface area contributed by atoms with Crippen LogP contribution in [0.25, 0.3) is 16.8 Å². The Morgan fingerprint density at radius 2 is 2.11 bits per heavy atom. The molecule has 0 saturated carbocycles. The molecule has 1 amide bonds. The van der Waals surface area contributed by atoms with Gasteiger partial charge in [0.15, 0.2) is 0 Å². The molecule has 2 aromatic rings. The SMILES string of the molecule is C=Cc1cc2ccnc(N3CCC4(CC3)CNC(=O)O4)c2cc1OC.CN. The van der Waals surface area contributed by atoms with E-state index in [1.807, 2.05) is 18.3 Å². The van der Waals surface area contributed by atoms with Gasteiger partial charge in [-0.05, 0) is 30.6 Å². The van der Waals surface area contributed by atoms with Crippen molar-refractivity contribution in [1.82, 2.24) is 10.3 Å². The van der Waals surface area contributed by atoms with Crippen molar-refractivity contribution in [3.05, 3.63) is 36.5 Å². The van der Waals surface area contributed by atoms with Crippen LogP contribution < -0.4 is 20.7 Å². The first-order valence-electron chi connectivity index (χ1n) is 9.03. The van der Waals surface area contributed by atoms with Gasteiger partial charge < -0.3 is 25.4 Å². The van der Waals surface area contributed by atoms with Crippen molar-refractivity contribution in [2.24, 2.45) is 5.73 Å². The number of amides is 1. The first-order chi connectivity index (χ1) is 13.1. The summed E-state index contributed by atoms with van der Waals surface area (Å²) in [5, 5.41) is 4.94. The average molecular weight is 370 g/mol. The second kappa shape index (κ2) is 7.84. The van der Waals surface area contributed by atoms with Crippen LogP contribution in [0.4, 0.5) is 10.6 Å². The van der Waals surface area contributed by atoms with E-state index in [0.29, 0.717) is 6.54 Å². The second-order valence-electron chi connectivity index (χ2n) is 6.57. The van der Waals surface area contributed by atoms with E-state index in [-0.39, 0.29) is 11.7 Å². The third-order valence-electron chi connectivity index (χ3n) is 5.15. The van der Waals surface area contributed by atoms with Gasteiger partial charge in [-0.15, -0.1) is 0 Å². The van der Waals surface area contributed by atoms with Gasteiger partial charge in [0.25, 0.3) is 0 Å². The van der Waals surface area contributed by atoms with Crippen LogP contribution >= 0.6 is 0 Å². The highest BCUT2D eigenvalue weighted by Crippen LogP contribution is 2.35. The number of hydrogen-bond acceptors (Lipinski definition) is 6. The zero-order valence-corrected chi connectivity index (χ0v) is 15.8. The van der Waals surface area contributed by atoms with Gasteiger partial charge in [-0.25, -0.2) is 9.78 Å². The van der Waals surface area contributed by atoms with E-state index in [1.54, 1.807) is 13.2 Å². The number of anilines is 1. The summed E-state index contributed by atoms with van der Waals surface area (Å²) in [5.41, 5.74) is 5.11. The second-order valence-corrected chi connectivity index (χ2v) is 6.57. The zero-order chi connectivity index (χ0) is 19.4. The van der Waals surface area contributed by atoms with Gasteiger partial charge in [0.05, 0.1) is 13.7 Å². The molecule has 1 spiro atoms. The van der Waals surface area contributed by atoms with E-state index < -0.39 is 0 Å². The molecule has 2 aliphatic heterocycles. The van der Waals surface area contributed by atoms with E-state index >= 15 is 0 Å². The number of ether oxygens (including phenoxy) is 2. The third-order valence-corrected chi connectivity index (χ3v) is 5.15. The largest absolute Gasteiger partial charge is 0.496 e. The third kappa shape index (κ3) is 3.55. The molecule has 7 nitrogen and oxygen atoms in total. The smallest absolute Gasteiger partial charge is 0.407 e. The van der Waals surface area contributed by atoms with E-state index in [9.17, 15) is 4.79 Å². The normalized spacial score (nSPS) is 17.7. The highest BCUT2D eigenvalue weighted by Gasteiger charge is 2.43. The van der Waals surface area contributed by atoms with Crippen molar-refractivity contribution in [2.45, 2.75) is 18.4 Å². The molecule has 144 valence electrons. The molecule has 0 atom stereocenters. The van der Waals surface area contributed by atoms with Gasteiger partial charge in [-0.2, -0.15) is 0 Å². The summed E-state index contributed by atoms with van der Waals surface area (Å²) >= 11 is 0. The average Bonchev–Trinajstić information content (AvgIpc) is 3.08. The van der Waals surface area contributed by atoms with Crippen LogP contribution in [0, 0.1) is 0 Å². The minimum Gasteiger partial charge on any atom is -0.496 e. The highest BCUT2D eigenvalue weighted by molar-refractivity contribution is 5.95. The number of methoxy groups -OCH3 is 1. The highest BCUT2D eigenvalue weighted by atomic mass is 16.6. The lowest BCUT2D eigenvalue weighted by molar-refractivity contribution is 0.0366. The Bertz CT molecular complexity index is 844. The van der Waals surface area contributed by atoms with Crippen molar-refractivity contribution in [2.75, 3.05) is 38.7 Å². The lowest BCUT2D eigenvalue weighted by Crippen LogP contribution is -2.47.